The number of nitrogens with one attached hydrogen (secondary N) is 2. The lowest BCUT2D eigenvalue weighted by Crippen LogP contribution is -2.42. The van der Waals surface area contributed by atoms with Crippen molar-refractivity contribution >= 4 is 55.8 Å². The van der Waals surface area contributed by atoms with Gasteiger partial charge in [-0.25, -0.2) is 4.79 Å². The van der Waals surface area contributed by atoms with Gasteiger partial charge in [-0.2, -0.15) is 0 Å². The van der Waals surface area contributed by atoms with E-state index in [0.29, 0.717) is 9.90 Å². The Kier molecular flexibility index (Phi) is 4.59. The van der Waals surface area contributed by atoms with E-state index in [0.717, 1.165) is 26.7 Å². The zero-order valence-electron chi connectivity index (χ0n) is 14.0. The van der Waals surface area contributed by atoms with Crippen LogP contribution in [-0.2, 0) is 11.2 Å². The molecule has 27 heavy (non-hydrogen) atoms. The maximum absolute atomic E-state index is 12.5. The molecule has 0 spiro atoms. The van der Waals surface area contributed by atoms with Crippen LogP contribution in [0.25, 0.3) is 21.0 Å². The van der Waals surface area contributed by atoms with Gasteiger partial charge in [0.05, 0.1) is 4.88 Å². The Labute approximate surface area is 163 Å². The van der Waals surface area contributed by atoms with Crippen molar-refractivity contribution in [3.8, 4) is 0 Å². The van der Waals surface area contributed by atoms with Gasteiger partial charge in [-0.15, -0.1) is 11.3 Å². The SMILES string of the molecule is O=C(N[C@H](Cc1cc2cc(Cl)ccc2[nH]1)C(=O)O)c1cc2ccccc2s1. The van der Waals surface area contributed by atoms with Crippen LogP contribution >= 0.6 is 22.9 Å². The number of fused-ring (bicyclic) bond motifs is 2. The molecule has 2 heterocycles. The highest BCUT2D eigenvalue weighted by Crippen LogP contribution is 2.25. The number of thiophene rings is 1. The minimum Gasteiger partial charge on any atom is -0.480 e. The molecule has 4 aromatic rings. The number of amides is 1. The molecule has 1 amide bonds. The van der Waals surface area contributed by atoms with Gasteiger partial charge < -0.3 is 15.4 Å². The van der Waals surface area contributed by atoms with E-state index in [4.69, 9.17) is 11.6 Å². The summed E-state index contributed by atoms with van der Waals surface area (Å²) in [5.74, 6) is -1.47. The Morgan fingerprint density at radius 2 is 1.93 bits per heavy atom. The second-order valence-corrected chi connectivity index (χ2v) is 7.76. The Morgan fingerprint density at radius 3 is 2.70 bits per heavy atom. The van der Waals surface area contributed by atoms with Gasteiger partial charge >= 0.3 is 5.97 Å². The molecular weight excluding hydrogens is 384 g/mol. The molecular formula is C20H15ClN2O3S. The first-order chi connectivity index (χ1) is 13.0. The summed E-state index contributed by atoms with van der Waals surface area (Å²) in [5.41, 5.74) is 1.59. The van der Waals surface area contributed by atoms with Crippen LogP contribution in [0.15, 0.2) is 54.6 Å². The predicted octanol–water partition coefficient (Wildman–Crippen LogP) is 4.46. The van der Waals surface area contributed by atoms with Crippen LogP contribution in [0.3, 0.4) is 0 Å². The largest absolute Gasteiger partial charge is 0.480 e. The molecule has 5 nitrogen and oxygen atoms in total. The number of hydrogen-bond donors (Lipinski definition) is 3. The van der Waals surface area contributed by atoms with Gasteiger partial charge in [0, 0.05) is 32.7 Å². The van der Waals surface area contributed by atoms with Crippen LogP contribution in [0.2, 0.25) is 5.02 Å². The molecule has 0 fully saturated rings. The monoisotopic (exact) mass is 398 g/mol. The van der Waals surface area contributed by atoms with Gasteiger partial charge in [-0.1, -0.05) is 29.8 Å². The predicted molar refractivity (Wildman–Crippen MR) is 108 cm³/mol. The molecule has 0 aliphatic carbocycles. The molecule has 2 aromatic heterocycles. The smallest absolute Gasteiger partial charge is 0.326 e. The number of benzene rings is 2. The molecule has 0 aliphatic rings. The molecule has 0 saturated heterocycles. The highest BCUT2D eigenvalue weighted by Gasteiger charge is 2.23. The number of carbonyl (C=O) groups excluding carboxylic acids is 1. The van der Waals surface area contributed by atoms with Gasteiger partial charge in [-0.05, 0) is 41.8 Å². The number of halogens is 1. The number of rotatable bonds is 5. The summed E-state index contributed by atoms with van der Waals surface area (Å²) in [4.78, 5) is 27.9. The average molecular weight is 399 g/mol. The van der Waals surface area contributed by atoms with Crippen LogP contribution in [0.1, 0.15) is 15.4 Å². The third-order valence-electron chi connectivity index (χ3n) is 4.32. The fraction of sp³-hybridized carbons (Fsp3) is 0.100. The number of aliphatic carboxylic acids is 1. The summed E-state index contributed by atoms with van der Waals surface area (Å²) in [6.45, 7) is 0. The zero-order chi connectivity index (χ0) is 19.0. The Hall–Kier alpha value is -2.83. The highest BCUT2D eigenvalue weighted by molar-refractivity contribution is 7.20. The number of carboxylic acids is 1. The number of carbonyl (C=O) groups is 2. The summed E-state index contributed by atoms with van der Waals surface area (Å²) in [5, 5.41) is 14.6. The molecule has 7 heteroatoms. The van der Waals surface area contributed by atoms with Gasteiger partial charge in [0.25, 0.3) is 5.91 Å². The summed E-state index contributed by atoms with van der Waals surface area (Å²) in [6.07, 6.45) is 0.151. The minimum absolute atomic E-state index is 0.151. The van der Waals surface area contributed by atoms with Gasteiger partial charge in [0.2, 0.25) is 0 Å². The summed E-state index contributed by atoms with van der Waals surface area (Å²) < 4.78 is 0.988. The van der Waals surface area contributed by atoms with Crippen molar-refractivity contribution < 1.29 is 14.7 Å². The van der Waals surface area contributed by atoms with Crippen LogP contribution < -0.4 is 5.32 Å². The molecule has 4 rings (SSSR count). The summed E-state index contributed by atoms with van der Waals surface area (Å²) in [7, 11) is 0. The first-order valence-electron chi connectivity index (χ1n) is 8.29. The quantitative estimate of drug-likeness (QED) is 0.464. The number of hydrogen-bond acceptors (Lipinski definition) is 3. The van der Waals surface area contributed by atoms with E-state index in [1.54, 1.807) is 12.1 Å². The van der Waals surface area contributed by atoms with Crippen LogP contribution in [-0.4, -0.2) is 28.0 Å². The first kappa shape index (κ1) is 17.6. The van der Waals surface area contributed by atoms with Crippen molar-refractivity contribution in [2.45, 2.75) is 12.5 Å². The van der Waals surface area contributed by atoms with Crippen molar-refractivity contribution in [1.82, 2.24) is 10.3 Å². The molecule has 3 N–H and O–H groups in total. The lowest BCUT2D eigenvalue weighted by Gasteiger charge is -2.13. The van der Waals surface area contributed by atoms with E-state index >= 15 is 0 Å². The minimum atomic E-state index is -1.08. The molecule has 0 radical (unpaired) electrons. The van der Waals surface area contributed by atoms with E-state index in [-0.39, 0.29) is 12.3 Å². The third kappa shape index (κ3) is 3.67. The fourth-order valence-corrected chi connectivity index (χ4v) is 4.16. The molecule has 136 valence electrons. The van der Waals surface area contributed by atoms with Crippen LogP contribution in [0.5, 0.6) is 0 Å². The molecule has 0 unspecified atom stereocenters. The Balaban J connectivity index is 1.54. The van der Waals surface area contributed by atoms with Crippen LogP contribution in [0.4, 0.5) is 0 Å². The van der Waals surface area contributed by atoms with Crippen molar-refractivity contribution in [3.63, 3.8) is 0 Å². The van der Waals surface area contributed by atoms with Crippen molar-refractivity contribution in [2.24, 2.45) is 0 Å². The zero-order valence-corrected chi connectivity index (χ0v) is 15.6. The van der Waals surface area contributed by atoms with Gasteiger partial charge in [0.15, 0.2) is 0 Å². The maximum Gasteiger partial charge on any atom is 0.326 e. The normalized spacial score (nSPS) is 12.3. The second kappa shape index (κ2) is 7.06. The van der Waals surface area contributed by atoms with E-state index in [1.807, 2.05) is 42.5 Å². The average Bonchev–Trinajstić information content (AvgIpc) is 3.23. The topological polar surface area (TPSA) is 82.2 Å². The summed E-state index contributed by atoms with van der Waals surface area (Å²) in [6, 6.07) is 15.7. The van der Waals surface area contributed by atoms with Crippen molar-refractivity contribution in [3.05, 3.63) is 70.2 Å². The second-order valence-electron chi connectivity index (χ2n) is 6.24. The van der Waals surface area contributed by atoms with E-state index in [1.165, 1.54) is 11.3 Å². The van der Waals surface area contributed by atoms with Gasteiger partial charge in [-0.3, -0.25) is 4.79 Å². The highest BCUT2D eigenvalue weighted by atomic mass is 35.5. The molecule has 0 aliphatic heterocycles. The maximum atomic E-state index is 12.5. The molecule has 0 saturated carbocycles. The molecule has 2 aromatic carbocycles. The molecule has 1 atom stereocenters. The van der Waals surface area contributed by atoms with Gasteiger partial charge in [0.1, 0.15) is 6.04 Å². The molecule has 0 bridgehead atoms. The standard InChI is InChI=1S/C20H15ClN2O3S/c21-13-5-6-15-12(7-13)8-14(22-15)10-16(20(25)26)23-19(24)18-9-11-3-1-2-4-17(11)27-18/h1-9,16,22H,10H2,(H,23,24)(H,25,26)/t16-/m1/s1. The third-order valence-corrected chi connectivity index (χ3v) is 5.67. The van der Waals surface area contributed by atoms with Crippen molar-refractivity contribution in [2.75, 3.05) is 0 Å². The lowest BCUT2D eigenvalue weighted by molar-refractivity contribution is -0.139. The number of aromatic amines is 1. The Bertz CT molecular complexity index is 1130. The van der Waals surface area contributed by atoms with Crippen molar-refractivity contribution in [1.29, 1.82) is 0 Å². The Morgan fingerprint density at radius 1 is 1.11 bits per heavy atom. The number of aromatic nitrogens is 1. The lowest BCUT2D eigenvalue weighted by atomic mass is 10.1. The fourth-order valence-electron chi connectivity index (χ4n) is 3.02. The first-order valence-corrected chi connectivity index (χ1v) is 9.48. The number of H-pyrrole nitrogens is 1. The van der Waals surface area contributed by atoms with E-state index in [2.05, 4.69) is 10.3 Å². The van der Waals surface area contributed by atoms with Crippen LogP contribution in [0, 0.1) is 0 Å². The summed E-state index contributed by atoms with van der Waals surface area (Å²) >= 11 is 7.33. The number of carboxylic acid groups (broad SMARTS) is 1. The van der Waals surface area contributed by atoms with E-state index < -0.39 is 12.0 Å². The van der Waals surface area contributed by atoms with E-state index in [9.17, 15) is 14.7 Å².